The molecule has 5 amide bonds. The zero-order chi connectivity index (χ0) is 49.1. The highest BCUT2D eigenvalue weighted by Crippen LogP contribution is 2.41. The van der Waals surface area contributed by atoms with Gasteiger partial charge in [-0.3, -0.25) is 19.0 Å². The lowest BCUT2D eigenvalue weighted by molar-refractivity contribution is -0.142. The number of likely N-dealkylation sites (N-methyl/N-ethyl adjacent to an activating group) is 1. The average Bonchev–Trinajstić information content (AvgIpc) is 3.63. The molecule has 0 saturated heterocycles. The fourth-order valence-electron chi connectivity index (χ4n) is 7.44. The van der Waals surface area contributed by atoms with Gasteiger partial charge >= 0.3 is 18.3 Å². The first-order chi connectivity index (χ1) is 31.6. The van der Waals surface area contributed by atoms with Crippen LogP contribution in [0.3, 0.4) is 0 Å². The van der Waals surface area contributed by atoms with Crippen LogP contribution in [0.4, 0.5) is 14.4 Å². The molecule has 0 bridgehead atoms. The highest BCUT2D eigenvalue weighted by Gasteiger charge is 2.35. The standard InChI is InChI=1S/C48H61BrClN7O9S/c1-47(2,3)65-44(61)51-23-13-12-17-35-43(60)56(7)37(25-31-28-57(46(63)64)36-19-10-9-16-32(31)36)42(59)54-27-30-21-22-33(49)39(50)40(30)67-38-20-11-8-15-29(38)26-53-34(41(58)55-35)18-14-24-52-45(62)66-48(4,5)6/h8-11,15-16,19-22,28,34-35,37,53H,12-14,17-18,23-27H2,1-7H3,(H,51,61)(H,52,62)(H,54,59)(H,55,58)(H,63,64)/t34-,35-,37-/m0/s1. The summed E-state index contributed by atoms with van der Waals surface area (Å²) in [5, 5.41) is 26.0. The number of carboxylic acid groups (broad SMARTS) is 1. The maximum atomic E-state index is 14.9. The number of nitrogens with one attached hydrogen (secondary N) is 5. The molecule has 5 rings (SSSR count). The van der Waals surface area contributed by atoms with Crippen LogP contribution < -0.4 is 26.6 Å². The van der Waals surface area contributed by atoms with E-state index in [1.807, 2.05) is 30.3 Å². The molecular formula is C48H61BrClN7O9S. The van der Waals surface area contributed by atoms with Crippen molar-refractivity contribution in [1.82, 2.24) is 36.1 Å². The monoisotopic (exact) mass is 1030 g/mol. The maximum absolute atomic E-state index is 14.9. The number of aromatic nitrogens is 1. The second-order valence-corrected chi connectivity index (χ2v) is 20.5. The molecule has 1 aromatic heterocycles. The Hall–Kier alpha value is -5.30. The van der Waals surface area contributed by atoms with Crippen LogP contribution in [0, 0.1) is 0 Å². The van der Waals surface area contributed by atoms with Gasteiger partial charge in [0.15, 0.2) is 0 Å². The molecule has 3 aromatic carbocycles. The van der Waals surface area contributed by atoms with E-state index in [0.717, 1.165) is 15.0 Å². The first-order valence-corrected chi connectivity index (χ1v) is 24.2. The van der Waals surface area contributed by atoms with Gasteiger partial charge < -0.3 is 46.1 Å². The molecule has 6 N–H and O–H groups in total. The molecule has 67 heavy (non-hydrogen) atoms. The van der Waals surface area contributed by atoms with Gasteiger partial charge in [0.05, 0.1) is 16.6 Å². The molecule has 362 valence electrons. The third-order valence-electron chi connectivity index (χ3n) is 10.7. The normalized spacial score (nSPS) is 17.7. The number of ether oxygens (including phenoxy) is 2. The van der Waals surface area contributed by atoms with Gasteiger partial charge in [-0.05, 0) is 124 Å². The van der Waals surface area contributed by atoms with E-state index in [2.05, 4.69) is 42.5 Å². The number of rotatable bonds is 11. The van der Waals surface area contributed by atoms with Crippen LogP contribution in [0.5, 0.6) is 0 Å². The molecule has 19 heteroatoms. The summed E-state index contributed by atoms with van der Waals surface area (Å²) in [6.45, 7) is 11.3. The van der Waals surface area contributed by atoms with Crippen molar-refractivity contribution in [3.63, 3.8) is 0 Å². The molecule has 0 aliphatic carbocycles. The number of hydrogen-bond acceptors (Lipinski definition) is 10. The summed E-state index contributed by atoms with van der Waals surface area (Å²) in [6, 6.07) is 15.1. The fourth-order valence-corrected chi connectivity index (χ4v) is 9.31. The van der Waals surface area contributed by atoms with Gasteiger partial charge in [-0.2, -0.15) is 0 Å². The van der Waals surface area contributed by atoms with E-state index in [9.17, 15) is 33.9 Å². The minimum atomic E-state index is -1.21. The summed E-state index contributed by atoms with van der Waals surface area (Å²) in [6.07, 6.45) is 0.602. The van der Waals surface area contributed by atoms with E-state index in [4.69, 9.17) is 21.1 Å². The highest BCUT2D eigenvalue weighted by molar-refractivity contribution is 9.10. The number of alkyl carbamates (subject to hydrolysis) is 2. The Kier molecular flexibility index (Phi) is 18.6. The van der Waals surface area contributed by atoms with Gasteiger partial charge in [0, 0.05) is 65.5 Å². The maximum Gasteiger partial charge on any atom is 0.416 e. The van der Waals surface area contributed by atoms with Crippen LogP contribution in [0.1, 0.15) is 90.3 Å². The first kappa shape index (κ1) is 52.7. The van der Waals surface area contributed by atoms with E-state index >= 15 is 0 Å². The number of para-hydroxylation sites is 1. The second kappa shape index (κ2) is 23.6. The summed E-state index contributed by atoms with van der Waals surface area (Å²) < 4.78 is 12.5. The van der Waals surface area contributed by atoms with Crippen LogP contribution in [0.25, 0.3) is 10.9 Å². The second-order valence-electron chi connectivity index (χ2n) is 18.3. The van der Waals surface area contributed by atoms with Gasteiger partial charge in [-0.1, -0.05) is 65.8 Å². The molecule has 0 unspecified atom stereocenters. The molecule has 4 aromatic rings. The van der Waals surface area contributed by atoms with Crippen molar-refractivity contribution in [1.29, 1.82) is 0 Å². The number of nitrogens with zero attached hydrogens (tertiary/aromatic N) is 2. The number of halogens is 2. The minimum absolute atomic E-state index is 0.0359. The summed E-state index contributed by atoms with van der Waals surface area (Å²) in [5.74, 6) is -1.56. The van der Waals surface area contributed by atoms with E-state index in [1.165, 1.54) is 29.9 Å². The van der Waals surface area contributed by atoms with Crippen LogP contribution in [0.2, 0.25) is 5.02 Å². The number of fused-ring (bicyclic) bond motifs is 3. The highest BCUT2D eigenvalue weighted by atomic mass is 79.9. The molecule has 2 heterocycles. The number of hydrogen-bond donors (Lipinski definition) is 6. The third-order valence-corrected chi connectivity index (χ3v) is 13.4. The smallest absolute Gasteiger partial charge is 0.416 e. The van der Waals surface area contributed by atoms with Gasteiger partial charge in [0.25, 0.3) is 0 Å². The quantitative estimate of drug-likeness (QED) is 0.0787. The SMILES string of the molecule is CN1C(=O)[C@H](CCCCNC(=O)OC(C)(C)C)NC(=O)[C@H](CCCNC(=O)OC(C)(C)C)NCc2ccccc2Sc2c(ccc(Br)c2Cl)CNC(=O)[C@@H]1Cc1cn(C(=O)O)c2ccccc12. The van der Waals surface area contributed by atoms with E-state index in [1.54, 1.807) is 71.9 Å². The van der Waals surface area contributed by atoms with E-state index < -0.39 is 65.3 Å². The predicted octanol–water partition coefficient (Wildman–Crippen LogP) is 8.38. The average molecular weight is 1030 g/mol. The number of amides is 5. The minimum Gasteiger partial charge on any atom is -0.464 e. The Morgan fingerprint density at radius 3 is 2.12 bits per heavy atom. The van der Waals surface area contributed by atoms with Crippen molar-refractivity contribution in [3.05, 3.63) is 93.0 Å². The Morgan fingerprint density at radius 1 is 0.821 bits per heavy atom. The molecule has 0 fully saturated rings. The number of carbonyl (C=O) groups excluding carboxylic acids is 5. The zero-order valence-electron chi connectivity index (χ0n) is 38.9. The van der Waals surface area contributed by atoms with Crippen LogP contribution in [-0.2, 0) is 43.4 Å². The number of carbonyl (C=O) groups is 6. The van der Waals surface area contributed by atoms with Crippen molar-refractivity contribution < 1.29 is 43.3 Å². The summed E-state index contributed by atoms with van der Waals surface area (Å²) in [4.78, 5) is 84.2. The third kappa shape index (κ3) is 15.4. The molecule has 0 spiro atoms. The van der Waals surface area contributed by atoms with Crippen molar-refractivity contribution in [3.8, 4) is 0 Å². The van der Waals surface area contributed by atoms with Gasteiger partial charge in [0.1, 0.15) is 23.3 Å². The summed E-state index contributed by atoms with van der Waals surface area (Å²) >= 11 is 11.9. The lowest BCUT2D eigenvalue weighted by Crippen LogP contribution is -2.57. The molecule has 16 nitrogen and oxygen atoms in total. The Bertz CT molecular complexity index is 2440. The van der Waals surface area contributed by atoms with Crippen LogP contribution in [0.15, 0.2) is 81.1 Å². The van der Waals surface area contributed by atoms with Gasteiger partial charge in [-0.25, -0.2) is 14.4 Å². The first-order valence-electron chi connectivity index (χ1n) is 22.2. The molecule has 1 aliphatic rings. The van der Waals surface area contributed by atoms with E-state index in [0.29, 0.717) is 55.7 Å². The lowest BCUT2D eigenvalue weighted by Gasteiger charge is -2.32. The van der Waals surface area contributed by atoms with E-state index in [-0.39, 0.29) is 45.4 Å². The Labute approximate surface area is 409 Å². The molecular weight excluding hydrogens is 966 g/mol. The largest absolute Gasteiger partial charge is 0.464 e. The van der Waals surface area contributed by atoms with Crippen molar-refractivity contribution in [2.75, 3.05) is 20.1 Å². The molecule has 0 saturated carbocycles. The van der Waals surface area contributed by atoms with Crippen molar-refractivity contribution in [2.24, 2.45) is 0 Å². The number of unbranched alkanes of at least 4 members (excludes halogenated alkanes) is 1. The summed E-state index contributed by atoms with van der Waals surface area (Å²) in [5.41, 5.74) is 1.11. The van der Waals surface area contributed by atoms with Crippen molar-refractivity contribution >= 4 is 86.2 Å². The van der Waals surface area contributed by atoms with Gasteiger partial charge in [0.2, 0.25) is 17.7 Å². The summed E-state index contributed by atoms with van der Waals surface area (Å²) in [7, 11) is 1.49. The topological polar surface area (TPSA) is 209 Å². The zero-order valence-corrected chi connectivity index (χ0v) is 42.1. The van der Waals surface area contributed by atoms with Crippen LogP contribution in [-0.4, -0.2) is 100 Å². The molecule has 1 aliphatic heterocycles. The Balaban J connectivity index is 1.54. The predicted molar refractivity (Wildman–Crippen MR) is 261 cm³/mol. The molecule has 3 atom stereocenters. The number of benzene rings is 3. The van der Waals surface area contributed by atoms with Gasteiger partial charge in [-0.15, -0.1) is 0 Å². The fraction of sp³-hybridized carbons (Fsp3) is 0.458. The van der Waals surface area contributed by atoms with Crippen molar-refractivity contribution in [2.45, 2.75) is 132 Å². The lowest BCUT2D eigenvalue weighted by atomic mass is 10.0. The Morgan fingerprint density at radius 2 is 1.45 bits per heavy atom. The molecule has 0 radical (unpaired) electrons. The van der Waals surface area contributed by atoms with Crippen LogP contribution >= 0.6 is 39.3 Å².